The summed E-state index contributed by atoms with van der Waals surface area (Å²) in [6.07, 6.45) is 9.22. The summed E-state index contributed by atoms with van der Waals surface area (Å²) in [5.41, 5.74) is 5.65. The second kappa shape index (κ2) is 6.32. The molecule has 1 aliphatic carbocycles. The molecular formula is C13H21N3O2S2. The number of thioether (sulfide) groups is 1. The Hall–Kier alpha value is -0.790. The molecule has 1 fully saturated rings. The molecule has 0 saturated heterocycles. The van der Waals surface area contributed by atoms with E-state index in [1.54, 1.807) is 17.8 Å². The fourth-order valence-corrected chi connectivity index (χ4v) is 4.80. The molecule has 1 aromatic rings. The van der Waals surface area contributed by atoms with Crippen LogP contribution < -0.4 is 10.5 Å². The molecule has 2 rings (SSSR count). The fourth-order valence-electron chi connectivity index (χ4n) is 2.58. The quantitative estimate of drug-likeness (QED) is 0.868. The van der Waals surface area contributed by atoms with Crippen LogP contribution in [0.25, 0.3) is 0 Å². The van der Waals surface area contributed by atoms with E-state index in [0.717, 1.165) is 25.7 Å². The maximum absolute atomic E-state index is 12.3. The van der Waals surface area contributed by atoms with Crippen LogP contribution >= 0.6 is 11.8 Å². The molecule has 0 atom stereocenters. The van der Waals surface area contributed by atoms with Gasteiger partial charge < -0.3 is 5.73 Å². The maximum Gasteiger partial charge on any atom is 0.244 e. The Morgan fingerprint density at radius 2 is 2.10 bits per heavy atom. The van der Waals surface area contributed by atoms with Crippen LogP contribution in [0.4, 0.5) is 5.82 Å². The Morgan fingerprint density at radius 1 is 1.40 bits per heavy atom. The van der Waals surface area contributed by atoms with Gasteiger partial charge in [-0.2, -0.15) is 11.8 Å². The molecule has 0 aromatic carbocycles. The van der Waals surface area contributed by atoms with Crippen LogP contribution in [0.3, 0.4) is 0 Å². The van der Waals surface area contributed by atoms with E-state index in [9.17, 15) is 8.42 Å². The van der Waals surface area contributed by atoms with Crippen molar-refractivity contribution >= 4 is 27.6 Å². The Balaban J connectivity index is 2.11. The Morgan fingerprint density at radius 3 is 2.70 bits per heavy atom. The summed E-state index contributed by atoms with van der Waals surface area (Å²) in [6, 6.07) is 3.06. The molecule has 1 aliphatic rings. The van der Waals surface area contributed by atoms with Gasteiger partial charge in [0, 0.05) is 17.5 Å². The SMILES string of the molecule is CSC1(CNS(=O)(=O)c2cccnc2N)CCCCC1. The molecule has 1 aromatic heterocycles. The Bertz CT molecular complexity index is 554. The van der Waals surface area contributed by atoms with Crippen molar-refractivity contribution < 1.29 is 8.42 Å². The van der Waals surface area contributed by atoms with E-state index in [0.29, 0.717) is 6.54 Å². The predicted octanol–water partition coefficient (Wildman–Crippen LogP) is 2.01. The van der Waals surface area contributed by atoms with E-state index in [-0.39, 0.29) is 15.5 Å². The lowest BCUT2D eigenvalue weighted by Gasteiger charge is -2.35. The lowest BCUT2D eigenvalue weighted by Crippen LogP contribution is -2.41. The van der Waals surface area contributed by atoms with E-state index in [4.69, 9.17) is 5.73 Å². The highest BCUT2D eigenvalue weighted by molar-refractivity contribution is 8.00. The van der Waals surface area contributed by atoms with Crippen LogP contribution in [0, 0.1) is 0 Å². The molecule has 0 amide bonds. The highest BCUT2D eigenvalue weighted by Crippen LogP contribution is 2.38. The topological polar surface area (TPSA) is 85.1 Å². The van der Waals surface area contributed by atoms with E-state index < -0.39 is 10.0 Å². The van der Waals surface area contributed by atoms with E-state index in [1.165, 1.54) is 18.7 Å². The van der Waals surface area contributed by atoms with Crippen LogP contribution in [-0.4, -0.2) is 30.9 Å². The molecule has 0 radical (unpaired) electrons. The lowest BCUT2D eigenvalue weighted by atomic mass is 9.88. The van der Waals surface area contributed by atoms with Crippen molar-refractivity contribution in [1.82, 2.24) is 9.71 Å². The average Bonchev–Trinajstić information content (AvgIpc) is 2.47. The number of nitrogens with two attached hydrogens (primary N) is 1. The Labute approximate surface area is 124 Å². The highest BCUT2D eigenvalue weighted by Gasteiger charge is 2.33. The van der Waals surface area contributed by atoms with Gasteiger partial charge in [-0.3, -0.25) is 0 Å². The summed E-state index contributed by atoms with van der Waals surface area (Å²) in [5, 5.41) is 0. The minimum atomic E-state index is -3.59. The number of rotatable bonds is 5. The number of nitrogens with zero attached hydrogens (tertiary/aromatic N) is 1. The van der Waals surface area contributed by atoms with Crippen molar-refractivity contribution in [2.24, 2.45) is 0 Å². The van der Waals surface area contributed by atoms with E-state index >= 15 is 0 Å². The van der Waals surface area contributed by atoms with Gasteiger partial charge in [-0.05, 0) is 31.2 Å². The van der Waals surface area contributed by atoms with Gasteiger partial charge in [-0.15, -0.1) is 0 Å². The summed E-state index contributed by atoms with van der Waals surface area (Å²) in [5.74, 6) is 0.0434. The summed E-state index contributed by atoms with van der Waals surface area (Å²) < 4.78 is 27.4. The molecule has 0 spiro atoms. The van der Waals surface area contributed by atoms with Gasteiger partial charge in [0.1, 0.15) is 10.7 Å². The second-order valence-corrected chi connectivity index (χ2v) is 8.17. The van der Waals surface area contributed by atoms with Crippen molar-refractivity contribution in [2.75, 3.05) is 18.5 Å². The van der Waals surface area contributed by atoms with Crippen LogP contribution in [0.2, 0.25) is 0 Å². The van der Waals surface area contributed by atoms with Gasteiger partial charge in [-0.25, -0.2) is 18.1 Å². The van der Waals surface area contributed by atoms with Gasteiger partial charge in [0.2, 0.25) is 10.0 Å². The molecule has 3 N–H and O–H groups in total. The minimum absolute atomic E-state index is 0.0162. The molecule has 112 valence electrons. The largest absolute Gasteiger partial charge is 0.383 e. The first-order valence-corrected chi connectivity index (χ1v) is 9.45. The molecule has 0 unspecified atom stereocenters. The van der Waals surface area contributed by atoms with Gasteiger partial charge in [0.15, 0.2) is 0 Å². The fraction of sp³-hybridized carbons (Fsp3) is 0.615. The van der Waals surface area contributed by atoms with Crippen LogP contribution in [0.5, 0.6) is 0 Å². The van der Waals surface area contributed by atoms with Crippen molar-refractivity contribution in [3.63, 3.8) is 0 Å². The van der Waals surface area contributed by atoms with Crippen molar-refractivity contribution in [2.45, 2.75) is 41.7 Å². The summed E-state index contributed by atoms with van der Waals surface area (Å²) in [7, 11) is -3.59. The van der Waals surface area contributed by atoms with Gasteiger partial charge in [0.05, 0.1) is 0 Å². The smallest absolute Gasteiger partial charge is 0.244 e. The van der Waals surface area contributed by atoms with E-state index in [2.05, 4.69) is 16.0 Å². The number of nitrogens with one attached hydrogen (secondary N) is 1. The first-order valence-electron chi connectivity index (χ1n) is 6.74. The third-order valence-corrected chi connectivity index (χ3v) is 6.74. The number of aromatic nitrogens is 1. The highest BCUT2D eigenvalue weighted by atomic mass is 32.2. The lowest BCUT2D eigenvalue weighted by molar-refractivity contribution is 0.395. The zero-order chi connectivity index (χ0) is 14.6. The molecule has 0 bridgehead atoms. The monoisotopic (exact) mass is 315 g/mol. The van der Waals surface area contributed by atoms with Crippen molar-refractivity contribution in [3.05, 3.63) is 18.3 Å². The first-order chi connectivity index (χ1) is 9.49. The number of hydrogen-bond donors (Lipinski definition) is 2. The van der Waals surface area contributed by atoms with Crippen molar-refractivity contribution in [3.8, 4) is 0 Å². The maximum atomic E-state index is 12.3. The van der Waals surface area contributed by atoms with E-state index in [1.807, 2.05) is 0 Å². The molecule has 5 nitrogen and oxygen atoms in total. The summed E-state index contributed by atoms with van der Waals surface area (Å²) in [4.78, 5) is 3.89. The van der Waals surface area contributed by atoms with Gasteiger partial charge in [-0.1, -0.05) is 19.3 Å². The standard InChI is InChI=1S/C13H21N3O2S2/c1-19-13(7-3-2-4-8-13)10-16-20(17,18)11-6-5-9-15-12(11)14/h5-6,9,16H,2-4,7-8,10H2,1H3,(H2,14,15). The predicted molar refractivity (Wildman–Crippen MR) is 83.2 cm³/mol. The van der Waals surface area contributed by atoms with Gasteiger partial charge >= 0.3 is 0 Å². The molecular weight excluding hydrogens is 294 g/mol. The normalized spacial score (nSPS) is 18.9. The number of nitrogen functional groups attached to an aromatic ring is 1. The molecule has 0 aliphatic heterocycles. The zero-order valence-corrected chi connectivity index (χ0v) is 13.3. The molecule has 20 heavy (non-hydrogen) atoms. The molecule has 1 heterocycles. The second-order valence-electron chi connectivity index (χ2n) is 5.16. The first kappa shape index (κ1) is 15.6. The van der Waals surface area contributed by atoms with Crippen LogP contribution in [-0.2, 0) is 10.0 Å². The summed E-state index contributed by atoms with van der Waals surface area (Å²) >= 11 is 1.76. The van der Waals surface area contributed by atoms with Crippen LogP contribution in [0.15, 0.2) is 23.2 Å². The minimum Gasteiger partial charge on any atom is -0.383 e. The third-order valence-electron chi connectivity index (χ3n) is 3.87. The molecule has 7 heteroatoms. The number of sulfonamides is 1. The molecule has 1 saturated carbocycles. The van der Waals surface area contributed by atoms with Crippen LogP contribution in [0.1, 0.15) is 32.1 Å². The van der Waals surface area contributed by atoms with Crippen molar-refractivity contribution in [1.29, 1.82) is 0 Å². The average molecular weight is 315 g/mol. The summed E-state index contributed by atoms with van der Waals surface area (Å²) in [6.45, 7) is 0.449. The van der Waals surface area contributed by atoms with Gasteiger partial charge in [0.25, 0.3) is 0 Å². The third kappa shape index (κ3) is 3.45. The number of hydrogen-bond acceptors (Lipinski definition) is 5. The zero-order valence-electron chi connectivity index (χ0n) is 11.6. The number of anilines is 1. The number of pyridine rings is 1. The Kier molecular flexibility index (Phi) is 4.93.